The van der Waals surface area contributed by atoms with Crippen molar-refractivity contribution in [3.63, 3.8) is 0 Å². The van der Waals surface area contributed by atoms with Gasteiger partial charge in [-0.25, -0.2) is 0 Å². The summed E-state index contributed by atoms with van der Waals surface area (Å²) < 4.78 is 0. The lowest BCUT2D eigenvalue weighted by atomic mass is 9.87. The van der Waals surface area contributed by atoms with Gasteiger partial charge in [0.25, 0.3) is 0 Å². The molecule has 0 aliphatic carbocycles. The molecule has 1 aromatic carbocycles. The number of rotatable bonds is 4. The predicted octanol–water partition coefficient (Wildman–Crippen LogP) is 3.67. The van der Waals surface area contributed by atoms with Crippen LogP contribution in [0.1, 0.15) is 38.8 Å². The summed E-state index contributed by atoms with van der Waals surface area (Å²) in [7, 11) is 2.14. The maximum absolute atomic E-state index is 6.29. The number of nitrogens with two attached hydrogens (primary N) is 1. The van der Waals surface area contributed by atoms with Gasteiger partial charge in [0.15, 0.2) is 0 Å². The van der Waals surface area contributed by atoms with Gasteiger partial charge in [0.1, 0.15) is 0 Å². The Morgan fingerprint density at radius 1 is 1.33 bits per heavy atom. The molecule has 0 saturated heterocycles. The first-order chi connectivity index (χ1) is 8.25. The number of nitrogens with zero attached hydrogens (tertiary/aromatic N) is 1. The minimum absolute atomic E-state index is 0.262. The summed E-state index contributed by atoms with van der Waals surface area (Å²) in [6.07, 6.45) is 0. The predicted molar refractivity (Wildman–Crippen MR) is 79.7 cm³/mol. The van der Waals surface area contributed by atoms with Crippen molar-refractivity contribution in [2.45, 2.75) is 46.8 Å². The molecule has 0 radical (unpaired) electrons. The molecule has 2 nitrogen and oxygen atoms in total. The van der Waals surface area contributed by atoms with E-state index in [9.17, 15) is 0 Å². The molecule has 0 aromatic heterocycles. The van der Waals surface area contributed by atoms with E-state index in [0.717, 1.165) is 22.7 Å². The van der Waals surface area contributed by atoms with Crippen LogP contribution >= 0.6 is 11.6 Å². The zero-order valence-corrected chi connectivity index (χ0v) is 12.9. The Hall–Kier alpha value is -0.570. The summed E-state index contributed by atoms with van der Waals surface area (Å²) in [5, 5.41) is 0.811. The van der Waals surface area contributed by atoms with Gasteiger partial charge in [-0.1, -0.05) is 44.5 Å². The zero-order chi connectivity index (χ0) is 13.9. The number of halogens is 1. The first-order valence-corrected chi connectivity index (χ1v) is 6.81. The van der Waals surface area contributed by atoms with E-state index < -0.39 is 0 Å². The van der Waals surface area contributed by atoms with E-state index in [4.69, 9.17) is 17.3 Å². The van der Waals surface area contributed by atoms with Crippen molar-refractivity contribution in [2.75, 3.05) is 7.05 Å². The van der Waals surface area contributed by atoms with E-state index in [2.05, 4.69) is 51.8 Å². The van der Waals surface area contributed by atoms with Crippen molar-refractivity contribution in [2.24, 2.45) is 11.1 Å². The minimum atomic E-state index is 0.262. The Labute approximate surface area is 116 Å². The van der Waals surface area contributed by atoms with E-state index in [1.165, 1.54) is 0 Å². The molecule has 18 heavy (non-hydrogen) atoms. The molecule has 2 N–H and O–H groups in total. The minimum Gasteiger partial charge on any atom is -0.326 e. The summed E-state index contributed by atoms with van der Waals surface area (Å²) in [6.45, 7) is 10.4. The maximum Gasteiger partial charge on any atom is 0.0454 e. The second-order valence-corrected chi connectivity index (χ2v) is 6.49. The normalized spacial score (nSPS) is 14.0. The van der Waals surface area contributed by atoms with Crippen molar-refractivity contribution in [1.82, 2.24) is 4.90 Å². The van der Waals surface area contributed by atoms with Gasteiger partial charge >= 0.3 is 0 Å². The molecule has 3 heteroatoms. The highest BCUT2D eigenvalue weighted by Gasteiger charge is 2.24. The molecule has 0 heterocycles. The summed E-state index contributed by atoms with van der Waals surface area (Å²) in [4.78, 5) is 2.34. The topological polar surface area (TPSA) is 29.3 Å². The Kier molecular flexibility index (Phi) is 5.20. The monoisotopic (exact) mass is 268 g/mol. The van der Waals surface area contributed by atoms with Crippen LogP contribution in [-0.2, 0) is 13.1 Å². The third-order valence-electron chi connectivity index (χ3n) is 3.69. The lowest BCUT2D eigenvalue weighted by Crippen LogP contribution is -2.38. The smallest absolute Gasteiger partial charge is 0.0454 e. The van der Waals surface area contributed by atoms with Crippen LogP contribution in [0, 0.1) is 5.41 Å². The molecule has 1 unspecified atom stereocenters. The van der Waals surface area contributed by atoms with Crippen molar-refractivity contribution < 1.29 is 0 Å². The highest BCUT2D eigenvalue weighted by molar-refractivity contribution is 6.31. The van der Waals surface area contributed by atoms with Gasteiger partial charge in [0, 0.05) is 24.2 Å². The van der Waals surface area contributed by atoms with Crippen LogP contribution in [0.15, 0.2) is 18.2 Å². The van der Waals surface area contributed by atoms with Gasteiger partial charge < -0.3 is 5.73 Å². The molecular weight excluding hydrogens is 244 g/mol. The Morgan fingerprint density at radius 2 is 1.94 bits per heavy atom. The second kappa shape index (κ2) is 6.05. The van der Waals surface area contributed by atoms with Gasteiger partial charge in [0.05, 0.1) is 0 Å². The average Bonchev–Trinajstić information content (AvgIpc) is 2.29. The molecule has 1 atom stereocenters. The quantitative estimate of drug-likeness (QED) is 0.903. The van der Waals surface area contributed by atoms with E-state index in [1.54, 1.807) is 0 Å². The molecule has 0 bridgehead atoms. The van der Waals surface area contributed by atoms with Crippen molar-refractivity contribution in [1.29, 1.82) is 0 Å². The molecule has 0 spiro atoms. The summed E-state index contributed by atoms with van der Waals surface area (Å²) in [5.74, 6) is 0. The van der Waals surface area contributed by atoms with Crippen molar-refractivity contribution in [3.05, 3.63) is 34.3 Å². The Morgan fingerprint density at radius 3 is 2.39 bits per heavy atom. The molecule has 1 rings (SSSR count). The first-order valence-electron chi connectivity index (χ1n) is 6.43. The Bertz CT molecular complexity index is 396. The molecule has 102 valence electrons. The van der Waals surface area contributed by atoms with Crippen LogP contribution in [0.2, 0.25) is 5.02 Å². The molecule has 0 fully saturated rings. The fourth-order valence-corrected chi connectivity index (χ4v) is 2.18. The van der Waals surface area contributed by atoms with Crippen molar-refractivity contribution in [3.8, 4) is 0 Å². The van der Waals surface area contributed by atoms with Crippen molar-refractivity contribution >= 4 is 11.6 Å². The standard InChI is InChI=1S/C15H25ClN2/c1-11(15(2,3)4)18(5)10-13-7-6-12(9-17)8-14(13)16/h6-8,11H,9-10,17H2,1-5H3. The average molecular weight is 269 g/mol. The number of benzene rings is 1. The first kappa shape index (κ1) is 15.5. The van der Waals surface area contributed by atoms with E-state index >= 15 is 0 Å². The van der Waals surface area contributed by atoms with Crippen LogP contribution in [0.5, 0.6) is 0 Å². The third kappa shape index (κ3) is 3.98. The fraction of sp³-hybridized carbons (Fsp3) is 0.600. The number of hydrogen-bond donors (Lipinski definition) is 1. The van der Waals surface area contributed by atoms with Gasteiger partial charge in [0.2, 0.25) is 0 Å². The van der Waals surface area contributed by atoms with Gasteiger partial charge in [-0.3, -0.25) is 4.90 Å². The fourth-order valence-electron chi connectivity index (χ4n) is 1.91. The lowest BCUT2D eigenvalue weighted by Gasteiger charge is -2.35. The highest BCUT2D eigenvalue weighted by Crippen LogP contribution is 2.26. The van der Waals surface area contributed by atoms with Gasteiger partial charge in [-0.05, 0) is 36.6 Å². The van der Waals surface area contributed by atoms with Crippen LogP contribution in [0.25, 0.3) is 0 Å². The van der Waals surface area contributed by atoms with E-state index in [1.807, 2.05) is 6.07 Å². The van der Waals surface area contributed by atoms with Crippen LogP contribution in [0.3, 0.4) is 0 Å². The SMILES string of the molecule is CC(N(C)Cc1ccc(CN)cc1Cl)C(C)(C)C. The molecule has 1 aromatic rings. The van der Waals surface area contributed by atoms with E-state index in [-0.39, 0.29) is 5.41 Å². The van der Waals surface area contributed by atoms with Crippen LogP contribution in [-0.4, -0.2) is 18.0 Å². The van der Waals surface area contributed by atoms with Gasteiger partial charge in [-0.15, -0.1) is 0 Å². The lowest BCUT2D eigenvalue weighted by molar-refractivity contribution is 0.134. The molecule has 0 amide bonds. The number of hydrogen-bond acceptors (Lipinski definition) is 2. The molecule has 0 aliphatic heterocycles. The summed E-state index contributed by atoms with van der Waals surface area (Å²) in [5.41, 5.74) is 8.11. The van der Waals surface area contributed by atoms with Gasteiger partial charge in [-0.2, -0.15) is 0 Å². The molecular formula is C15H25ClN2. The second-order valence-electron chi connectivity index (χ2n) is 6.09. The molecule has 0 saturated carbocycles. The third-order valence-corrected chi connectivity index (χ3v) is 4.04. The maximum atomic E-state index is 6.29. The summed E-state index contributed by atoms with van der Waals surface area (Å²) in [6, 6.07) is 6.59. The zero-order valence-electron chi connectivity index (χ0n) is 12.1. The highest BCUT2D eigenvalue weighted by atomic mass is 35.5. The largest absolute Gasteiger partial charge is 0.326 e. The molecule has 0 aliphatic rings. The van der Waals surface area contributed by atoms with E-state index in [0.29, 0.717) is 12.6 Å². The summed E-state index contributed by atoms with van der Waals surface area (Å²) >= 11 is 6.29. The Balaban J connectivity index is 2.79. The van der Waals surface area contributed by atoms with Crippen LogP contribution in [0.4, 0.5) is 0 Å². The van der Waals surface area contributed by atoms with Crippen LogP contribution < -0.4 is 5.73 Å².